The summed E-state index contributed by atoms with van der Waals surface area (Å²) in [5.74, 6) is -0.667. The van der Waals surface area contributed by atoms with Gasteiger partial charge >= 0.3 is 0 Å². The Morgan fingerprint density at radius 3 is 2.71 bits per heavy atom. The largest absolute Gasteiger partial charge is 0.353 e. The topological polar surface area (TPSA) is 116 Å². The molecule has 0 saturated heterocycles. The van der Waals surface area contributed by atoms with E-state index in [0.717, 1.165) is 16.3 Å². The highest BCUT2D eigenvalue weighted by molar-refractivity contribution is 6.28. The Morgan fingerprint density at radius 2 is 1.93 bits per heavy atom. The number of amides is 2. The molecular weight excluding hydrogens is 380 g/mol. The van der Waals surface area contributed by atoms with Crippen molar-refractivity contribution in [2.45, 2.75) is 13.0 Å². The van der Waals surface area contributed by atoms with Crippen molar-refractivity contribution in [3.8, 4) is 0 Å². The van der Waals surface area contributed by atoms with E-state index in [9.17, 15) is 9.59 Å². The number of hydrogen-bond donors (Lipinski definition) is 4. The first-order valence-corrected chi connectivity index (χ1v) is 9.05. The molecular formula is C19H17ClN6O2. The van der Waals surface area contributed by atoms with Crippen molar-refractivity contribution in [3.05, 3.63) is 59.4 Å². The van der Waals surface area contributed by atoms with E-state index in [1.54, 1.807) is 13.1 Å². The van der Waals surface area contributed by atoms with E-state index >= 15 is 0 Å². The molecule has 0 unspecified atom stereocenters. The van der Waals surface area contributed by atoms with Gasteiger partial charge in [-0.25, -0.2) is 9.97 Å². The molecule has 0 fully saturated rings. The van der Waals surface area contributed by atoms with Crippen molar-refractivity contribution >= 4 is 45.2 Å². The van der Waals surface area contributed by atoms with Gasteiger partial charge in [0.15, 0.2) is 5.69 Å². The van der Waals surface area contributed by atoms with E-state index in [4.69, 9.17) is 11.6 Å². The molecule has 0 aliphatic heterocycles. The molecule has 4 aromatic rings. The minimum absolute atomic E-state index is 0.142. The molecule has 3 heterocycles. The highest BCUT2D eigenvalue weighted by atomic mass is 35.5. The molecule has 4 rings (SSSR count). The number of rotatable bonds is 5. The smallest absolute Gasteiger partial charge is 0.272 e. The number of halogens is 1. The number of hydrogen-bond acceptors (Lipinski definition) is 4. The fraction of sp³-hybridized carbons (Fsp3) is 0.158. The van der Waals surface area contributed by atoms with Crippen molar-refractivity contribution in [1.82, 2.24) is 30.6 Å². The average Bonchev–Trinajstić information content (AvgIpc) is 3.29. The van der Waals surface area contributed by atoms with E-state index in [0.29, 0.717) is 11.2 Å². The van der Waals surface area contributed by atoms with Crippen LogP contribution < -0.4 is 10.6 Å². The predicted octanol–water partition coefficient (Wildman–Crippen LogP) is 2.64. The number of carbonyl (C=O) groups excluding carboxylic acids is 2. The van der Waals surface area contributed by atoms with Crippen LogP contribution in [0.15, 0.2) is 42.7 Å². The lowest BCUT2D eigenvalue weighted by atomic mass is 10.1. The van der Waals surface area contributed by atoms with Gasteiger partial charge in [0.25, 0.3) is 11.8 Å². The molecule has 142 valence electrons. The molecule has 4 N–H and O–H groups in total. The van der Waals surface area contributed by atoms with Gasteiger partial charge in [0.1, 0.15) is 5.69 Å². The molecule has 1 aromatic carbocycles. The molecule has 2 amide bonds. The number of pyridine rings is 1. The van der Waals surface area contributed by atoms with Crippen LogP contribution in [0.1, 0.15) is 27.9 Å². The van der Waals surface area contributed by atoms with E-state index in [1.165, 1.54) is 6.20 Å². The number of nitrogens with zero attached hydrogens (tertiary/aromatic N) is 2. The molecule has 0 radical (unpaired) electrons. The molecule has 0 bridgehead atoms. The first kappa shape index (κ1) is 18.0. The van der Waals surface area contributed by atoms with Crippen molar-refractivity contribution in [3.63, 3.8) is 0 Å². The monoisotopic (exact) mass is 396 g/mol. The normalized spacial score (nSPS) is 12.2. The third-order valence-corrected chi connectivity index (χ3v) is 4.57. The molecule has 8 nitrogen and oxygen atoms in total. The van der Waals surface area contributed by atoms with Crippen LogP contribution in [-0.4, -0.2) is 44.3 Å². The summed E-state index contributed by atoms with van der Waals surface area (Å²) in [5, 5.41) is 7.69. The Kier molecular flexibility index (Phi) is 4.70. The minimum atomic E-state index is -0.350. The Labute approximate surface area is 164 Å². The second-order valence-electron chi connectivity index (χ2n) is 6.42. The zero-order valence-electron chi connectivity index (χ0n) is 14.9. The maximum absolute atomic E-state index is 12.7. The fourth-order valence-electron chi connectivity index (χ4n) is 3.04. The molecule has 3 aromatic heterocycles. The number of aromatic amines is 2. The van der Waals surface area contributed by atoms with Crippen LogP contribution in [0.4, 0.5) is 0 Å². The number of fused-ring (bicyclic) bond motifs is 3. The lowest BCUT2D eigenvalue weighted by Crippen LogP contribution is -2.42. The molecule has 0 aliphatic carbocycles. The first-order valence-electron chi connectivity index (χ1n) is 8.68. The van der Waals surface area contributed by atoms with E-state index in [1.807, 2.05) is 30.3 Å². The quantitative estimate of drug-likeness (QED) is 0.415. The zero-order valence-corrected chi connectivity index (χ0v) is 15.7. The Balaban J connectivity index is 1.46. The third kappa shape index (κ3) is 3.41. The summed E-state index contributed by atoms with van der Waals surface area (Å²) in [7, 11) is 0. The summed E-state index contributed by atoms with van der Waals surface area (Å²) in [6, 6.07) is 9.41. The molecule has 0 saturated carbocycles. The SMILES string of the molecule is C[C@@H](CNC(=O)c1nccc2c1[nH]c1ccccc12)NC(=O)c1cnc(Cl)[nH]1. The lowest BCUT2D eigenvalue weighted by Gasteiger charge is -2.14. The third-order valence-electron chi connectivity index (χ3n) is 4.38. The number of nitrogens with one attached hydrogen (secondary N) is 4. The number of H-pyrrole nitrogens is 2. The second-order valence-corrected chi connectivity index (χ2v) is 6.78. The van der Waals surface area contributed by atoms with Gasteiger partial charge in [0.2, 0.25) is 5.28 Å². The lowest BCUT2D eigenvalue weighted by molar-refractivity contribution is 0.0908. The summed E-state index contributed by atoms with van der Waals surface area (Å²) in [6.45, 7) is 2.03. The van der Waals surface area contributed by atoms with Crippen LogP contribution >= 0.6 is 11.6 Å². The van der Waals surface area contributed by atoms with Crippen molar-refractivity contribution in [2.75, 3.05) is 6.54 Å². The van der Waals surface area contributed by atoms with E-state index < -0.39 is 0 Å². The first-order chi connectivity index (χ1) is 13.5. The number of benzene rings is 1. The molecule has 0 aliphatic rings. The van der Waals surface area contributed by atoms with Crippen LogP contribution in [0.5, 0.6) is 0 Å². The van der Waals surface area contributed by atoms with Gasteiger partial charge in [-0.3, -0.25) is 9.59 Å². The van der Waals surface area contributed by atoms with Crippen LogP contribution in [0.2, 0.25) is 5.28 Å². The number of para-hydroxylation sites is 1. The molecule has 0 spiro atoms. The summed E-state index contributed by atoms with van der Waals surface area (Å²) in [6.07, 6.45) is 2.97. The van der Waals surface area contributed by atoms with Crippen LogP contribution in [0.25, 0.3) is 21.8 Å². The maximum Gasteiger partial charge on any atom is 0.272 e. The number of carbonyl (C=O) groups is 2. The van der Waals surface area contributed by atoms with Gasteiger partial charge < -0.3 is 20.6 Å². The summed E-state index contributed by atoms with van der Waals surface area (Å²) in [5.41, 5.74) is 2.20. The molecule has 28 heavy (non-hydrogen) atoms. The Bertz CT molecular complexity index is 1180. The predicted molar refractivity (Wildman–Crippen MR) is 106 cm³/mol. The Hall–Kier alpha value is -3.39. The van der Waals surface area contributed by atoms with Gasteiger partial charge in [0.05, 0.1) is 11.7 Å². The van der Waals surface area contributed by atoms with Gasteiger partial charge in [0, 0.05) is 35.1 Å². The van der Waals surface area contributed by atoms with E-state index in [-0.39, 0.29) is 35.4 Å². The van der Waals surface area contributed by atoms with Crippen molar-refractivity contribution in [1.29, 1.82) is 0 Å². The average molecular weight is 397 g/mol. The summed E-state index contributed by atoms with van der Waals surface area (Å²) in [4.78, 5) is 38.7. The highest BCUT2D eigenvalue weighted by Gasteiger charge is 2.17. The van der Waals surface area contributed by atoms with Gasteiger partial charge in [-0.1, -0.05) is 18.2 Å². The highest BCUT2D eigenvalue weighted by Crippen LogP contribution is 2.26. The number of imidazole rings is 1. The minimum Gasteiger partial charge on any atom is -0.353 e. The number of aromatic nitrogens is 4. The van der Waals surface area contributed by atoms with Crippen LogP contribution in [0, 0.1) is 0 Å². The second kappa shape index (κ2) is 7.32. The van der Waals surface area contributed by atoms with Gasteiger partial charge in [-0.2, -0.15) is 0 Å². The van der Waals surface area contributed by atoms with Gasteiger partial charge in [-0.15, -0.1) is 0 Å². The summed E-state index contributed by atoms with van der Waals surface area (Å²) < 4.78 is 0. The van der Waals surface area contributed by atoms with Crippen LogP contribution in [-0.2, 0) is 0 Å². The van der Waals surface area contributed by atoms with Crippen molar-refractivity contribution < 1.29 is 9.59 Å². The maximum atomic E-state index is 12.7. The Morgan fingerprint density at radius 1 is 1.11 bits per heavy atom. The van der Waals surface area contributed by atoms with Crippen LogP contribution in [0.3, 0.4) is 0 Å². The van der Waals surface area contributed by atoms with E-state index in [2.05, 4.69) is 30.6 Å². The van der Waals surface area contributed by atoms with Crippen molar-refractivity contribution in [2.24, 2.45) is 0 Å². The molecule has 1 atom stereocenters. The zero-order chi connectivity index (χ0) is 19.7. The molecule has 9 heteroatoms. The summed E-state index contributed by atoms with van der Waals surface area (Å²) >= 11 is 5.67. The standard InChI is InChI=1S/C19H17ClN6O2/c1-10(24-17(27)14-9-23-19(20)26-14)8-22-18(28)16-15-12(6-7-21-16)11-4-2-3-5-13(11)25-15/h2-7,9-10,25H,8H2,1H3,(H,22,28)(H,23,26)(H,24,27)/t10-/m0/s1. The van der Waals surface area contributed by atoms with Gasteiger partial charge in [-0.05, 0) is 30.7 Å². The fourth-order valence-corrected chi connectivity index (χ4v) is 3.19.